The van der Waals surface area contributed by atoms with Crippen LogP contribution in [0.1, 0.15) is 23.1 Å². The van der Waals surface area contributed by atoms with Gasteiger partial charge in [0, 0.05) is 18.5 Å². The molecule has 0 bridgehead atoms. The van der Waals surface area contributed by atoms with Crippen molar-refractivity contribution >= 4 is 53.5 Å². The minimum Gasteiger partial charge on any atom is -0.716 e. The van der Waals surface area contributed by atoms with Crippen LogP contribution in [0.2, 0.25) is 0 Å². The second-order valence-electron chi connectivity index (χ2n) is 8.36. The van der Waals surface area contributed by atoms with Crippen molar-refractivity contribution in [2.75, 3.05) is 0 Å². The molecule has 1 aliphatic rings. The molecule has 3 rings (SSSR count). The van der Waals surface area contributed by atoms with Crippen LogP contribution >= 0.6 is 0 Å². The van der Waals surface area contributed by atoms with Gasteiger partial charge < -0.3 is 49.7 Å². The predicted octanol–water partition coefficient (Wildman–Crippen LogP) is -18.3. The number of amides is 1. The van der Waals surface area contributed by atoms with E-state index < -0.39 is 108 Å². The summed E-state index contributed by atoms with van der Waals surface area (Å²) in [4.78, 5) is 25.6. The summed E-state index contributed by atoms with van der Waals surface area (Å²) in [6.45, 7) is -0.664. The van der Waals surface area contributed by atoms with E-state index in [0.717, 1.165) is 18.2 Å². The van der Waals surface area contributed by atoms with E-state index in [1.54, 1.807) is 0 Å². The van der Waals surface area contributed by atoms with Crippen LogP contribution < -0.4 is 170 Å². The molecule has 0 saturated heterocycles. The molecule has 1 heterocycles. The van der Waals surface area contributed by atoms with Gasteiger partial charge >= 0.3 is 148 Å². The maximum Gasteiger partial charge on any atom is 1.00 e. The number of nitrogens with zero attached hydrogens (tertiary/aromatic N) is 1. The minimum absolute atomic E-state index is 0. The number of aliphatic carboxylic acids is 1. The number of rotatable bonds is 12. The first-order chi connectivity index (χ1) is 19.5. The zero-order valence-electron chi connectivity index (χ0n) is 25.6. The Balaban J connectivity index is -0.00000405. The molecule has 2 aromatic rings. The normalized spacial score (nSPS) is 14.1. The zero-order chi connectivity index (χ0) is 32.5. The van der Waals surface area contributed by atoms with Gasteiger partial charge in [-0.25, -0.2) is 33.7 Å². The third-order valence-corrected chi connectivity index (χ3v) is 6.95. The van der Waals surface area contributed by atoms with Gasteiger partial charge in [0.05, 0.1) is 12.0 Å². The Morgan fingerprint density at radius 3 is 1.54 bits per heavy atom. The van der Waals surface area contributed by atoms with E-state index in [1.807, 2.05) is 0 Å². The van der Waals surface area contributed by atoms with Crippen molar-refractivity contribution in [1.82, 2.24) is 4.90 Å². The van der Waals surface area contributed by atoms with Crippen molar-refractivity contribution in [2.45, 2.75) is 31.8 Å². The molecular formula is C19H14NNa5O19S4. The Labute approximate surface area is 385 Å². The summed E-state index contributed by atoms with van der Waals surface area (Å²) < 4.78 is 149. The van der Waals surface area contributed by atoms with Crippen LogP contribution in [-0.4, -0.2) is 74.7 Å². The zero-order valence-corrected chi connectivity index (χ0v) is 38.9. The molecule has 20 nitrogen and oxygen atoms in total. The van der Waals surface area contributed by atoms with E-state index in [1.165, 1.54) is 0 Å². The molecule has 0 radical (unpaired) electrons. The molecule has 0 spiro atoms. The van der Waals surface area contributed by atoms with Crippen LogP contribution in [0.15, 0.2) is 30.3 Å². The predicted molar refractivity (Wildman–Crippen MR) is 126 cm³/mol. The average Bonchev–Trinajstić information content (AvgIpc) is 2.79. The van der Waals surface area contributed by atoms with Gasteiger partial charge in [0.25, 0.3) is 41.6 Å². The monoisotopic (exact) mass is 803 g/mol. The molecule has 0 aromatic heterocycles. The van der Waals surface area contributed by atoms with Crippen LogP contribution in [0.3, 0.4) is 0 Å². The van der Waals surface area contributed by atoms with Crippen LogP contribution in [0, 0.1) is 0 Å². The van der Waals surface area contributed by atoms with Crippen LogP contribution in [0.5, 0.6) is 23.0 Å². The van der Waals surface area contributed by atoms with Crippen LogP contribution in [0.4, 0.5) is 0 Å². The van der Waals surface area contributed by atoms with Gasteiger partial charge in [0.1, 0.15) is 11.5 Å². The van der Waals surface area contributed by atoms with E-state index in [-0.39, 0.29) is 164 Å². The summed E-state index contributed by atoms with van der Waals surface area (Å²) >= 11 is 0. The minimum atomic E-state index is -5.56. The summed E-state index contributed by atoms with van der Waals surface area (Å²) in [5.41, 5.74) is -0.543. The van der Waals surface area contributed by atoms with Crippen molar-refractivity contribution in [1.29, 1.82) is 0 Å². The van der Waals surface area contributed by atoms with Crippen molar-refractivity contribution in [2.24, 2.45) is 0 Å². The number of carbonyl (C=O) groups excluding carboxylic acids is 2. The molecule has 0 aliphatic carbocycles. The summed E-state index contributed by atoms with van der Waals surface area (Å²) in [7, 11) is -21.8. The van der Waals surface area contributed by atoms with Gasteiger partial charge in [-0.05, 0) is 54.3 Å². The first kappa shape index (κ1) is 53.6. The van der Waals surface area contributed by atoms with Gasteiger partial charge in [0.15, 0.2) is 11.5 Å². The van der Waals surface area contributed by atoms with E-state index in [4.69, 9.17) is 0 Å². The van der Waals surface area contributed by atoms with Gasteiger partial charge in [-0.3, -0.25) is 4.79 Å². The Bertz CT molecular complexity index is 1910. The Hall–Kier alpha value is 1.22. The molecular weight excluding hydrogens is 789 g/mol. The van der Waals surface area contributed by atoms with Crippen LogP contribution in [-0.2, 0) is 70.6 Å². The second kappa shape index (κ2) is 21.2. The number of hydrogen-bond donors (Lipinski definition) is 0. The number of hydrogen-bond acceptors (Lipinski definition) is 19. The molecule has 29 heteroatoms. The third kappa shape index (κ3) is 17.8. The van der Waals surface area contributed by atoms with Gasteiger partial charge in [-0.15, -0.1) is 0 Å². The van der Waals surface area contributed by atoms with E-state index in [9.17, 15) is 66.6 Å². The third-order valence-electron chi connectivity index (χ3n) is 5.40. The van der Waals surface area contributed by atoms with Gasteiger partial charge in [0.2, 0.25) is 5.91 Å². The molecule has 48 heavy (non-hydrogen) atoms. The Kier molecular flexibility index (Phi) is 23.7. The van der Waals surface area contributed by atoms with Gasteiger partial charge in [-0.1, -0.05) is 0 Å². The SMILES string of the molecule is O=C([O-])C1Cc2cc(OS(=O)(=O)[O-])c(OS(=O)(=O)[O-])cc2CN1C(=O)CCc1cc(OS(=O)(=O)[O-])ccc1OS(=O)(=O)[O-].[Na+].[Na+].[Na+].[Na+].[Na+]. The van der Waals surface area contributed by atoms with E-state index >= 15 is 0 Å². The number of carbonyl (C=O) groups is 2. The Morgan fingerprint density at radius 1 is 0.667 bits per heavy atom. The molecule has 1 atom stereocenters. The van der Waals surface area contributed by atoms with E-state index in [0.29, 0.717) is 17.0 Å². The first-order valence-corrected chi connectivity index (χ1v) is 16.2. The summed E-state index contributed by atoms with van der Waals surface area (Å²) in [6.07, 6.45) is -1.90. The molecule has 0 saturated carbocycles. The topological polar surface area (TPSA) is 326 Å². The standard InChI is InChI=1S/C19H19NO19S4.5Na/c21-18(4-1-10-5-13(36-40(24,25)26)2-3-15(10)37-41(27,28)29)20-9-12-8-17(39-43(33,34)35)16(38-42(30,31)32)7-11(12)6-14(20)19(22)23;;;;;/h2-3,5,7-8,14H,1,4,6,9H2,(H,22,23)(H,24,25,26)(H,27,28,29)(H,30,31,32)(H,33,34,35);;;;;/q;5*+1/p-5. The molecule has 0 fully saturated rings. The number of aryl methyl sites for hydroxylation is 1. The van der Waals surface area contributed by atoms with Gasteiger partial charge in [-0.2, -0.15) is 0 Å². The number of benzene rings is 2. The summed E-state index contributed by atoms with van der Waals surface area (Å²) in [5.74, 6) is -6.36. The fraction of sp³-hybridized carbons (Fsp3) is 0.263. The quantitative estimate of drug-likeness (QED) is 0.109. The second-order valence-corrected chi connectivity index (χ2v) is 12.3. The fourth-order valence-electron chi connectivity index (χ4n) is 3.91. The van der Waals surface area contributed by atoms with Crippen molar-refractivity contribution < 1.29 is 231 Å². The van der Waals surface area contributed by atoms with E-state index in [2.05, 4.69) is 16.7 Å². The van der Waals surface area contributed by atoms with Crippen LogP contribution in [0.25, 0.3) is 0 Å². The number of fused-ring (bicyclic) bond motifs is 1. The molecule has 1 amide bonds. The molecule has 2 aromatic carbocycles. The smallest absolute Gasteiger partial charge is 0.716 e. The molecule has 1 aliphatic heterocycles. The average molecular weight is 804 g/mol. The Morgan fingerprint density at radius 2 is 1.10 bits per heavy atom. The summed E-state index contributed by atoms with van der Waals surface area (Å²) in [6, 6.07) is 1.88. The first-order valence-electron chi connectivity index (χ1n) is 10.9. The van der Waals surface area contributed by atoms with Crippen molar-refractivity contribution in [3.05, 3.63) is 47.0 Å². The van der Waals surface area contributed by atoms with Crippen molar-refractivity contribution in [3.63, 3.8) is 0 Å². The molecule has 1 unspecified atom stereocenters. The summed E-state index contributed by atoms with van der Waals surface area (Å²) in [5, 5.41) is 11.9. The van der Waals surface area contributed by atoms with Crippen molar-refractivity contribution in [3.8, 4) is 23.0 Å². The molecule has 0 N–H and O–H groups in total. The maximum atomic E-state index is 13.1. The number of carboxylic acids is 1. The maximum absolute atomic E-state index is 13.1. The fourth-order valence-corrected chi connectivity index (χ4v) is 5.34. The molecule has 238 valence electrons. The largest absolute Gasteiger partial charge is 1.00 e. The number of carboxylic acid groups (broad SMARTS) is 1.